The van der Waals surface area contributed by atoms with Gasteiger partial charge in [0.05, 0.1) is 0 Å². The van der Waals surface area contributed by atoms with Crippen LogP contribution in [-0.4, -0.2) is 35.6 Å². The number of carbonyl (C=O) groups is 1. The Kier molecular flexibility index (Phi) is 7.48. The molecule has 1 aliphatic heterocycles. The van der Waals surface area contributed by atoms with Gasteiger partial charge in [0.15, 0.2) is 0 Å². The van der Waals surface area contributed by atoms with E-state index < -0.39 is 5.97 Å². The summed E-state index contributed by atoms with van der Waals surface area (Å²) in [5.74, 6) is 0.111. The van der Waals surface area contributed by atoms with Crippen molar-refractivity contribution in [1.82, 2.24) is 4.90 Å². The Morgan fingerprint density at radius 1 is 1.57 bits per heavy atom. The highest BCUT2D eigenvalue weighted by atomic mass is 16.4. The lowest BCUT2D eigenvalue weighted by molar-refractivity contribution is -0.134. The zero-order chi connectivity index (χ0) is 11.0. The molecule has 14 heavy (non-hydrogen) atoms. The Labute approximate surface area is 87.1 Å². The molecule has 1 heterocycles. The first-order chi connectivity index (χ1) is 6.56. The van der Waals surface area contributed by atoms with Crippen LogP contribution in [0.4, 0.5) is 0 Å². The lowest BCUT2D eigenvalue weighted by Gasteiger charge is -2.30. The van der Waals surface area contributed by atoms with E-state index in [1.54, 1.807) is 0 Å². The van der Waals surface area contributed by atoms with E-state index in [1.165, 1.54) is 38.9 Å². The zero-order valence-electron chi connectivity index (χ0n) is 9.62. The number of carboxylic acid groups (broad SMARTS) is 1. The fraction of sp³-hybridized carbons (Fsp3) is 0.909. The van der Waals surface area contributed by atoms with Gasteiger partial charge in [-0.1, -0.05) is 13.8 Å². The highest BCUT2D eigenvalue weighted by Crippen LogP contribution is 2.14. The van der Waals surface area contributed by atoms with Crippen LogP contribution in [0.25, 0.3) is 0 Å². The average Bonchev–Trinajstić information content (AvgIpc) is 2.03. The van der Waals surface area contributed by atoms with Crippen molar-refractivity contribution in [2.75, 3.05) is 19.6 Å². The van der Waals surface area contributed by atoms with E-state index >= 15 is 0 Å². The number of hydrogen-bond acceptors (Lipinski definition) is 2. The van der Waals surface area contributed by atoms with Crippen LogP contribution in [0.2, 0.25) is 0 Å². The second kappa shape index (κ2) is 7.80. The van der Waals surface area contributed by atoms with Crippen LogP contribution in [0.3, 0.4) is 0 Å². The van der Waals surface area contributed by atoms with Crippen LogP contribution in [0.15, 0.2) is 0 Å². The quantitative estimate of drug-likeness (QED) is 0.744. The first-order valence-corrected chi connectivity index (χ1v) is 5.48. The molecule has 1 unspecified atom stereocenters. The minimum Gasteiger partial charge on any atom is -0.481 e. The molecule has 1 saturated heterocycles. The fourth-order valence-electron chi connectivity index (χ4n) is 1.81. The van der Waals surface area contributed by atoms with Crippen molar-refractivity contribution in [3.8, 4) is 0 Å². The molecule has 0 aromatic carbocycles. The van der Waals surface area contributed by atoms with Gasteiger partial charge in [-0.25, -0.2) is 0 Å². The van der Waals surface area contributed by atoms with Gasteiger partial charge in [0.1, 0.15) is 0 Å². The summed E-state index contributed by atoms with van der Waals surface area (Å²) in [6, 6.07) is 0. The monoisotopic (exact) mass is 201 g/mol. The lowest BCUT2D eigenvalue weighted by Crippen LogP contribution is -2.34. The molecule has 0 bridgehead atoms. The molecule has 1 atom stereocenters. The number of likely N-dealkylation sites (tertiary alicyclic amines) is 1. The number of piperidine rings is 1. The van der Waals surface area contributed by atoms with Crippen molar-refractivity contribution in [2.24, 2.45) is 5.92 Å². The summed E-state index contributed by atoms with van der Waals surface area (Å²) in [7, 11) is 0. The van der Waals surface area contributed by atoms with E-state index in [-0.39, 0.29) is 0 Å². The van der Waals surface area contributed by atoms with Gasteiger partial charge in [-0.2, -0.15) is 0 Å². The van der Waals surface area contributed by atoms with Gasteiger partial charge in [0.25, 0.3) is 5.97 Å². The maximum Gasteiger partial charge on any atom is 0.300 e. The lowest BCUT2D eigenvalue weighted by atomic mass is 10.0. The molecule has 0 radical (unpaired) electrons. The van der Waals surface area contributed by atoms with Crippen LogP contribution in [0.1, 0.15) is 40.0 Å². The summed E-state index contributed by atoms with van der Waals surface area (Å²) in [4.78, 5) is 11.6. The third-order valence-electron chi connectivity index (χ3n) is 2.28. The number of carboxylic acids is 1. The SMILES string of the molecule is CC(=O)O.CCCN1CCCC(C)C1. The Morgan fingerprint density at radius 2 is 2.14 bits per heavy atom. The number of rotatable bonds is 2. The second-order valence-electron chi connectivity index (χ2n) is 4.07. The highest BCUT2D eigenvalue weighted by Gasteiger charge is 2.14. The summed E-state index contributed by atoms with van der Waals surface area (Å²) >= 11 is 0. The van der Waals surface area contributed by atoms with Gasteiger partial charge in [-0.05, 0) is 38.3 Å². The molecular formula is C11H23NO2. The molecule has 0 aromatic heterocycles. The minimum atomic E-state index is -0.833. The normalized spacial score (nSPS) is 22.4. The fourth-order valence-corrected chi connectivity index (χ4v) is 1.81. The summed E-state index contributed by atoms with van der Waals surface area (Å²) in [5, 5.41) is 7.42. The van der Waals surface area contributed by atoms with E-state index in [0.717, 1.165) is 12.8 Å². The summed E-state index contributed by atoms with van der Waals surface area (Å²) in [6.45, 7) is 9.71. The van der Waals surface area contributed by atoms with E-state index in [9.17, 15) is 0 Å². The third-order valence-corrected chi connectivity index (χ3v) is 2.28. The molecular weight excluding hydrogens is 178 g/mol. The molecule has 3 heteroatoms. The first-order valence-electron chi connectivity index (χ1n) is 5.48. The summed E-state index contributed by atoms with van der Waals surface area (Å²) in [6.07, 6.45) is 4.17. The van der Waals surface area contributed by atoms with Crippen LogP contribution in [0, 0.1) is 5.92 Å². The number of aliphatic carboxylic acids is 1. The largest absolute Gasteiger partial charge is 0.481 e. The van der Waals surface area contributed by atoms with E-state index in [1.807, 2.05) is 0 Å². The molecule has 3 nitrogen and oxygen atoms in total. The Morgan fingerprint density at radius 3 is 2.57 bits per heavy atom. The number of hydrogen-bond donors (Lipinski definition) is 1. The predicted molar refractivity (Wildman–Crippen MR) is 58.4 cm³/mol. The summed E-state index contributed by atoms with van der Waals surface area (Å²) in [5.41, 5.74) is 0. The maximum atomic E-state index is 9.00. The highest BCUT2D eigenvalue weighted by molar-refractivity contribution is 5.62. The molecule has 0 amide bonds. The van der Waals surface area contributed by atoms with Gasteiger partial charge < -0.3 is 10.0 Å². The molecule has 1 fully saturated rings. The van der Waals surface area contributed by atoms with Gasteiger partial charge in [0, 0.05) is 13.5 Å². The molecule has 0 saturated carbocycles. The topological polar surface area (TPSA) is 40.5 Å². The van der Waals surface area contributed by atoms with Crippen molar-refractivity contribution >= 4 is 5.97 Å². The molecule has 84 valence electrons. The van der Waals surface area contributed by atoms with Crippen LogP contribution in [-0.2, 0) is 4.79 Å². The average molecular weight is 201 g/mol. The van der Waals surface area contributed by atoms with Crippen LogP contribution in [0.5, 0.6) is 0 Å². The zero-order valence-corrected chi connectivity index (χ0v) is 9.62. The molecule has 0 aromatic rings. The third kappa shape index (κ3) is 8.05. The minimum absolute atomic E-state index is 0.833. The first kappa shape index (κ1) is 13.4. The molecule has 0 spiro atoms. The Balaban J connectivity index is 0.000000364. The van der Waals surface area contributed by atoms with Crippen molar-refractivity contribution in [3.05, 3.63) is 0 Å². The molecule has 1 rings (SSSR count). The molecule has 1 aliphatic rings. The van der Waals surface area contributed by atoms with E-state index in [2.05, 4.69) is 18.7 Å². The van der Waals surface area contributed by atoms with Crippen LogP contribution >= 0.6 is 0 Å². The maximum absolute atomic E-state index is 9.00. The van der Waals surface area contributed by atoms with Crippen molar-refractivity contribution in [2.45, 2.75) is 40.0 Å². The predicted octanol–water partition coefficient (Wildman–Crippen LogP) is 2.22. The van der Waals surface area contributed by atoms with Crippen molar-refractivity contribution in [1.29, 1.82) is 0 Å². The van der Waals surface area contributed by atoms with Crippen molar-refractivity contribution in [3.63, 3.8) is 0 Å². The van der Waals surface area contributed by atoms with Gasteiger partial charge in [0.2, 0.25) is 0 Å². The van der Waals surface area contributed by atoms with Gasteiger partial charge in [-0.15, -0.1) is 0 Å². The smallest absolute Gasteiger partial charge is 0.300 e. The molecule has 0 aliphatic carbocycles. The number of nitrogens with zero attached hydrogens (tertiary/aromatic N) is 1. The molecule has 1 N–H and O–H groups in total. The van der Waals surface area contributed by atoms with Crippen LogP contribution < -0.4 is 0 Å². The Hall–Kier alpha value is -0.570. The standard InChI is InChI=1S/C9H19N.C2H4O2/c1-3-6-10-7-4-5-9(2)8-10;1-2(3)4/h9H,3-8H2,1-2H3;1H3,(H,3,4). The second-order valence-corrected chi connectivity index (χ2v) is 4.07. The van der Waals surface area contributed by atoms with Gasteiger partial charge >= 0.3 is 0 Å². The summed E-state index contributed by atoms with van der Waals surface area (Å²) < 4.78 is 0. The van der Waals surface area contributed by atoms with E-state index in [4.69, 9.17) is 9.90 Å². The van der Waals surface area contributed by atoms with Gasteiger partial charge in [-0.3, -0.25) is 4.79 Å². The Bertz CT molecular complexity index is 153. The van der Waals surface area contributed by atoms with E-state index in [0.29, 0.717) is 0 Å². The van der Waals surface area contributed by atoms with Crippen molar-refractivity contribution < 1.29 is 9.90 Å².